The van der Waals surface area contributed by atoms with Crippen molar-refractivity contribution in [2.75, 3.05) is 19.6 Å². The molecule has 0 unspecified atom stereocenters. The van der Waals surface area contributed by atoms with Crippen LogP contribution >= 0.6 is 0 Å². The SMILES string of the molecule is O=C(C1CC(F)C1)N1C[C@@H]2CCN(Cc3cccnc3)[C@@H]2C1. The molecule has 0 aromatic carbocycles. The normalized spacial score (nSPS) is 34.5. The lowest BCUT2D eigenvalue weighted by Gasteiger charge is -2.32. The van der Waals surface area contributed by atoms with Gasteiger partial charge in [0.05, 0.1) is 0 Å². The van der Waals surface area contributed by atoms with Crippen molar-refractivity contribution in [1.29, 1.82) is 0 Å². The molecule has 1 aliphatic carbocycles. The predicted octanol–water partition coefficient (Wildman–Crippen LogP) is 1.86. The molecule has 2 atom stereocenters. The lowest BCUT2D eigenvalue weighted by atomic mass is 9.82. The van der Waals surface area contributed by atoms with E-state index in [0.29, 0.717) is 24.8 Å². The van der Waals surface area contributed by atoms with E-state index < -0.39 is 6.17 Å². The predicted molar refractivity (Wildman–Crippen MR) is 80.7 cm³/mol. The first kappa shape index (κ1) is 14.1. The highest BCUT2D eigenvalue weighted by molar-refractivity contribution is 5.80. The molecular weight excluding hydrogens is 281 g/mol. The molecule has 2 aliphatic heterocycles. The van der Waals surface area contributed by atoms with Gasteiger partial charge in [-0.3, -0.25) is 14.7 Å². The zero-order valence-electron chi connectivity index (χ0n) is 12.7. The smallest absolute Gasteiger partial charge is 0.225 e. The Bertz CT molecular complexity index is 546. The Balaban J connectivity index is 1.38. The average Bonchev–Trinajstić information content (AvgIpc) is 3.07. The molecule has 2 saturated heterocycles. The molecule has 3 aliphatic rings. The molecule has 3 fully saturated rings. The van der Waals surface area contributed by atoms with Crippen LogP contribution < -0.4 is 0 Å². The summed E-state index contributed by atoms with van der Waals surface area (Å²) >= 11 is 0. The van der Waals surface area contributed by atoms with E-state index in [4.69, 9.17) is 0 Å². The molecule has 4 nitrogen and oxygen atoms in total. The van der Waals surface area contributed by atoms with E-state index in [2.05, 4.69) is 16.0 Å². The number of aromatic nitrogens is 1. The molecule has 3 heterocycles. The van der Waals surface area contributed by atoms with E-state index in [1.54, 1.807) is 6.20 Å². The fourth-order valence-corrected chi connectivity index (χ4v) is 4.16. The van der Waals surface area contributed by atoms with Crippen molar-refractivity contribution in [3.05, 3.63) is 30.1 Å². The number of nitrogens with zero attached hydrogens (tertiary/aromatic N) is 3. The summed E-state index contributed by atoms with van der Waals surface area (Å²) in [5.41, 5.74) is 1.23. The second kappa shape index (κ2) is 5.61. The molecule has 4 rings (SSSR count). The molecular formula is C17H22FN3O. The van der Waals surface area contributed by atoms with E-state index in [1.165, 1.54) is 5.56 Å². The average molecular weight is 303 g/mol. The standard InChI is InChI=1S/C17H22FN3O/c18-15-6-14(7-15)17(22)21-10-13-3-5-20(16(13)11-21)9-12-2-1-4-19-8-12/h1-2,4,8,13-16H,3,5-7,9-11H2/t13-,14?,15?,16+/m0/s1. The van der Waals surface area contributed by atoms with Gasteiger partial charge >= 0.3 is 0 Å². The van der Waals surface area contributed by atoms with Crippen LogP contribution in [0.3, 0.4) is 0 Å². The number of amides is 1. The fraction of sp³-hybridized carbons (Fsp3) is 0.647. The lowest BCUT2D eigenvalue weighted by molar-refractivity contribution is -0.139. The Morgan fingerprint density at radius 2 is 2.23 bits per heavy atom. The maximum Gasteiger partial charge on any atom is 0.225 e. The van der Waals surface area contributed by atoms with Gasteiger partial charge in [-0.25, -0.2) is 4.39 Å². The Morgan fingerprint density at radius 1 is 1.36 bits per heavy atom. The van der Waals surface area contributed by atoms with Crippen LogP contribution in [-0.4, -0.2) is 52.5 Å². The summed E-state index contributed by atoms with van der Waals surface area (Å²) in [5, 5.41) is 0. The van der Waals surface area contributed by atoms with Crippen molar-refractivity contribution >= 4 is 5.91 Å². The molecule has 0 bridgehead atoms. The zero-order chi connectivity index (χ0) is 15.1. The van der Waals surface area contributed by atoms with Gasteiger partial charge < -0.3 is 4.90 Å². The largest absolute Gasteiger partial charge is 0.341 e. The summed E-state index contributed by atoms with van der Waals surface area (Å²) in [5.74, 6) is 0.715. The highest BCUT2D eigenvalue weighted by atomic mass is 19.1. The Labute approximate surface area is 130 Å². The van der Waals surface area contributed by atoms with Gasteiger partial charge in [0.2, 0.25) is 5.91 Å². The summed E-state index contributed by atoms with van der Waals surface area (Å²) in [6, 6.07) is 4.54. The highest BCUT2D eigenvalue weighted by Gasteiger charge is 2.45. The molecule has 22 heavy (non-hydrogen) atoms. The molecule has 0 spiro atoms. The number of carbonyl (C=O) groups excluding carboxylic acids is 1. The first-order chi connectivity index (χ1) is 10.7. The molecule has 0 N–H and O–H groups in total. The van der Waals surface area contributed by atoms with E-state index in [0.717, 1.165) is 32.6 Å². The molecule has 0 radical (unpaired) electrons. The maximum absolute atomic E-state index is 13.0. The number of hydrogen-bond acceptors (Lipinski definition) is 3. The summed E-state index contributed by atoms with van der Waals surface area (Å²) < 4.78 is 13.0. The van der Waals surface area contributed by atoms with Gasteiger partial charge in [-0.1, -0.05) is 6.07 Å². The van der Waals surface area contributed by atoms with Gasteiger partial charge in [0.1, 0.15) is 6.17 Å². The minimum Gasteiger partial charge on any atom is -0.341 e. The van der Waals surface area contributed by atoms with Crippen molar-refractivity contribution < 1.29 is 9.18 Å². The number of alkyl halides is 1. The maximum atomic E-state index is 13.0. The molecule has 1 aromatic rings. The Morgan fingerprint density at radius 3 is 2.95 bits per heavy atom. The van der Waals surface area contributed by atoms with Crippen LogP contribution in [0.1, 0.15) is 24.8 Å². The van der Waals surface area contributed by atoms with Gasteiger partial charge in [-0.05, 0) is 43.4 Å². The molecule has 1 aromatic heterocycles. The topological polar surface area (TPSA) is 36.4 Å². The number of carbonyl (C=O) groups is 1. The van der Waals surface area contributed by atoms with Crippen LogP contribution in [0.25, 0.3) is 0 Å². The zero-order valence-corrected chi connectivity index (χ0v) is 12.7. The number of pyridine rings is 1. The second-order valence-corrected chi connectivity index (χ2v) is 6.96. The van der Waals surface area contributed by atoms with Crippen LogP contribution in [0.4, 0.5) is 4.39 Å². The molecule has 1 amide bonds. The van der Waals surface area contributed by atoms with Crippen LogP contribution in [-0.2, 0) is 11.3 Å². The van der Waals surface area contributed by atoms with Gasteiger partial charge in [0.15, 0.2) is 0 Å². The van der Waals surface area contributed by atoms with E-state index in [-0.39, 0.29) is 11.8 Å². The fourth-order valence-electron chi connectivity index (χ4n) is 4.16. The summed E-state index contributed by atoms with van der Waals surface area (Å²) in [6.07, 6.45) is 4.99. The third-order valence-electron chi connectivity index (χ3n) is 5.51. The Hall–Kier alpha value is -1.49. The first-order valence-electron chi connectivity index (χ1n) is 8.26. The van der Waals surface area contributed by atoms with Crippen LogP contribution in [0, 0.1) is 11.8 Å². The highest BCUT2D eigenvalue weighted by Crippen LogP contribution is 2.36. The summed E-state index contributed by atoms with van der Waals surface area (Å²) in [4.78, 5) is 21.0. The monoisotopic (exact) mass is 303 g/mol. The summed E-state index contributed by atoms with van der Waals surface area (Å²) in [7, 11) is 0. The third kappa shape index (κ3) is 2.51. The lowest BCUT2D eigenvalue weighted by Crippen LogP contribution is -2.43. The third-order valence-corrected chi connectivity index (χ3v) is 5.51. The van der Waals surface area contributed by atoms with Crippen molar-refractivity contribution in [2.24, 2.45) is 11.8 Å². The van der Waals surface area contributed by atoms with Crippen molar-refractivity contribution in [2.45, 2.75) is 38.0 Å². The van der Waals surface area contributed by atoms with Gasteiger partial charge in [0, 0.05) is 44.0 Å². The van der Waals surface area contributed by atoms with E-state index in [1.807, 2.05) is 17.2 Å². The van der Waals surface area contributed by atoms with Gasteiger partial charge in [0.25, 0.3) is 0 Å². The molecule has 118 valence electrons. The van der Waals surface area contributed by atoms with Crippen LogP contribution in [0.2, 0.25) is 0 Å². The van der Waals surface area contributed by atoms with Gasteiger partial charge in [-0.2, -0.15) is 0 Å². The number of halogens is 1. The molecule has 1 saturated carbocycles. The van der Waals surface area contributed by atoms with Crippen LogP contribution in [0.5, 0.6) is 0 Å². The Kier molecular flexibility index (Phi) is 3.60. The van der Waals surface area contributed by atoms with Crippen molar-refractivity contribution in [3.8, 4) is 0 Å². The minimum absolute atomic E-state index is 0.0550. The number of hydrogen-bond donors (Lipinski definition) is 0. The summed E-state index contributed by atoms with van der Waals surface area (Å²) in [6.45, 7) is 3.69. The van der Waals surface area contributed by atoms with E-state index >= 15 is 0 Å². The van der Waals surface area contributed by atoms with Crippen molar-refractivity contribution in [1.82, 2.24) is 14.8 Å². The number of likely N-dealkylation sites (tertiary alicyclic amines) is 2. The quantitative estimate of drug-likeness (QED) is 0.855. The van der Waals surface area contributed by atoms with Crippen LogP contribution in [0.15, 0.2) is 24.5 Å². The first-order valence-corrected chi connectivity index (χ1v) is 8.26. The minimum atomic E-state index is -0.752. The van der Waals surface area contributed by atoms with Gasteiger partial charge in [-0.15, -0.1) is 0 Å². The van der Waals surface area contributed by atoms with E-state index in [9.17, 15) is 9.18 Å². The second-order valence-electron chi connectivity index (χ2n) is 6.96. The molecule has 5 heteroatoms. The number of rotatable bonds is 3. The number of fused-ring (bicyclic) bond motifs is 1. The van der Waals surface area contributed by atoms with Crippen molar-refractivity contribution in [3.63, 3.8) is 0 Å².